The summed E-state index contributed by atoms with van der Waals surface area (Å²) in [5.41, 5.74) is 1.84. The van der Waals surface area contributed by atoms with E-state index in [4.69, 9.17) is 9.15 Å². The highest BCUT2D eigenvalue weighted by Gasteiger charge is 2.22. The molecule has 0 spiro atoms. The number of anilines is 1. The largest absolute Gasteiger partial charge is 0.457 e. The van der Waals surface area contributed by atoms with Crippen molar-refractivity contribution in [3.8, 4) is 11.5 Å². The first-order chi connectivity index (χ1) is 15.0. The number of hydrogen-bond donors (Lipinski definition) is 1. The molecule has 0 bridgehead atoms. The Labute approximate surface area is 184 Å². The van der Waals surface area contributed by atoms with Crippen molar-refractivity contribution in [2.75, 3.05) is 17.6 Å². The zero-order valence-corrected chi connectivity index (χ0v) is 17.9. The van der Waals surface area contributed by atoms with Crippen molar-refractivity contribution in [3.63, 3.8) is 0 Å². The molecule has 160 valence electrons. The zero-order valence-electron chi connectivity index (χ0n) is 17.0. The van der Waals surface area contributed by atoms with Gasteiger partial charge in [-0.05, 0) is 49.7 Å². The van der Waals surface area contributed by atoms with Gasteiger partial charge < -0.3 is 19.4 Å². The number of nitrogens with one attached hydrogen (secondary N) is 1. The summed E-state index contributed by atoms with van der Waals surface area (Å²) in [6.45, 7) is 3.05. The fraction of sp³-hybridized carbons (Fsp3) is 0.273. The van der Waals surface area contributed by atoms with Crippen LogP contribution in [0.15, 0.2) is 58.2 Å². The van der Waals surface area contributed by atoms with Crippen LogP contribution in [-0.2, 0) is 16.1 Å². The number of carbonyl (C=O) groups excluding carboxylic acids is 2. The third kappa shape index (κ3) is 5.85. The summed E-state index contributed by atoms with van der Waals surface area (Å²) < 4.78 is 11.3. The molecule has 0 atom stereocenters. The number of thioether (sulfide) groups is 1. The lowest BCUT2D eigenvalue weighted by atomic mass is 10.2. The first kappa shape index (κ1) is 20.9. The van der Waals surface area contributed by atoms with E-state index in [9.17, 15) is 9.59 Å². The number of amides is 2. The SMILES string of the molecule is Cc1ccc(Oc2ccc(NC(=O)CSc3nnc(CN4CCCC4=O)o3)cc2)cc1. The van der Waals surface area contributed by atoms with E-state index in [1.165, 1.54) is 5.56 Å². The minimum atomic E-state index is -0.188. The number of benzene rings is 2. The van der Waals surface area contributed by atoms with Crippen molar-refractivity contribution in [2.45, 2.75) is 31.5 Å². The number of ether oxygens (including phenoxy) is 1. The molecule has 0 unspecified atom stereocenters. The summed E-state index contributed by atoms with van der Waals surface area (Å²) in [5.74, 6) is 1.86. The van der Waals surface area contributed by atoms with Gasteiger partial charge in [0.2, 0.25) is 17.7 Å². The Morgan fingerprint density at radius 3 is 2.52 bits per heavy atom. The number of aryl methyl sites for hydroxylation is 1. The Kier molecular flexibility index (Phi) is 6.51. The number of nitrogens with zero attached hydrogens (tertiary/aromatic N) is 3. The van der Waals surface area contributed by atoms with E-state index in [2.05, 4.69) is 15.5 Å². The third-order valence-corrected chi connectivity index (χ3v) is 5.49. The molecule has 1 aliphatic heterocycles. The first-order valence-corrected chi connectivity index (χ1v) is 10.9. The topological polar surface area (TPSA) is 97.6 Å². The molecule has 0 aliphatic carbocycles. The molecular formula is C22H22N4O4S. The number of likely N-dealkylation sites (tertiary alicyclic amines) is 1. The fourth-order valence-electron chi connectivity index (χ4n) is 3.07. The highest BCUT2D eigenvalue weighted by atomic mass is 32.2. The van der Waals surface area contributed by atoms with Gasteiger partial charge in [-0.2, -0.15) is 0 Å². The van der Waals surface area contributed by atoms with Gasteiger partial charge in [0.15, 0.2) is 0 Å². The number of aromatic nitrogens is 2. The van der Waals surface area contributed by atoms with Gasteiger partial charge in [0.1, 0.15) is 11.5 Å². The maximum absolute atomic E-state index is 12.2. The molecule has 4 rings (SSSR count). The van der Waals surface area contributed by atoms with Crippen molar-refractivity contribution in [2.24, 2.45) is 0 Å². The molecule has 3 aromatic rings. The highest BCUT2D eigenvalue weighted by Crippen LogP contribution is 2.24. The number of carbonyl (C=O) groups is 2. The van der Waals surface area contributed by atoms with Crippen molar-refractivity contribution in [1.29, 1.82) is 0 Å². The van der Waals surface area contributed by atoms with E-state index in [0.29, 0.717) is 42.1 Å². The average Bonchev–Trinajstić information content (AvgIpc) is 3.39. The van der Waals surface area contributed by atoms with Crippen LogP contribution in [0.25, 0.3) is 0 Å². The molecule has 1 aromatic heterocycles. The lowest BCUT2D eigenvalue weighted by molar-refractivity contribution is -0.128. The van der Waals surface area contributed by atoms with Crippen molar-refractivity contribution in [1.82, 2.24) is 15.1 Å². The summed E-state index contributed by atoms with van der Waals surface area (Å²) in [4.78, 5) is 25.6. The van der Waals surface area contributed by atoms with E-state index in [-0.39, 0.29) is 17.6 Å². The van der Waals surface area contributed by atoms with Crippen LogP contribution in [0.3, 0.4) is 0 Å². The fourth-order valence-corrected chi connectivity index (χ4v) is 3.65. The second-order valence-electron chi connectivity index (χ2n) is 7.16. The van der Waals surface area contributed by atoms with Gasteiger partial charge in [0, 0.05) is 18.7 Å². The Morgan fingerprint density at radius 1 is 1.13 bits per heavy atom. The second kappa shape index (κ2) is 9.65. The van der Waals surface area contributed by atoms with Gasteiger partial charge in [-0.15, -0.1) is 10.2 Å². The van der Waals surface area contributed by atoms with Crippen molar-refractivity contribution < 1.29 is 18.7 Å². The smallest absolute Gasteiger partial charge is 0.277 e. The van der Waals surface area contributed by atoms with Crippen molar-refractivity contribution >= 4 is 29.3 Å². The molecule has 1 N–H and O–H groups in total. The molecule has 2 heterocycles. The molecule has 8 nitrogen and oxygen atoms in total. The van der Waals surface area contributed by atoms with Gasteiger partial charge in [-0.25, -0.2) is 0 Å². The Hall–Kier alpha value is -3.33. The van der Waals surface area contributed by atoms with Crippen LogP contribution in [0.4, 0.5) is 5.69 Å². The third-order valence-electron chi connectivity index (χ3n) is 4.67. The summed E-state index contributed by atoms with van der Waals surface area (Å²) in [6, 6.07) is 15.0. The molecule has 2 aromatic carbocycles. The maximum Gasteiger partial charge on any atom is 0.277 e. The quantitative estimate of drug-likeness (QED) is 0.530. The Balaban J connectivity index is 1.23. The molecule has 0 radical (unpaired) electrons. The normalized spacial score (nSPS) is 13.5. The minimum absolute atomic E-state index is 0.0991. The van der Waals surface area contributed by atoms with E-state index >= 15 is 0 Å². The van der Waals surface area contributed by atoms with Crippen LogP contribution in [0.1, 0.15) is 24.3 Å². The molecule has 1 fully saturated rings. The van der Waals surface area contributed by atoms with Crippen LogP contribution in [0.2, 0.25) is 0 Å². The van der Waals surface area contributed by atoms with Gasteiger partial charge >= 0.3 is 0 Å². The van der Waals surface area contributed by atoms with Gasteiger partial charge in [-0.1, -0.05) is 29.5 Å². The lowest BCUT2D eigenvalue weighted by Crippen LogP contribution is -2.23. The first-order valence-electron chi connectivity index (χ1n) is 9.92. The van der Waals surface area contributed by atoms with Gasteiger partial charge in [-0.3, -0.25) is 9.59 Å². The van der Waals surface area contributed by atoms with E-state index in [0.717, 1.165) is 23.9 Å². The van der Waals surface area contributed by atoms with Crippen LogP contribution in [0.5, 0.6) is 11.5 Å². The van der Waals surface area contributed by atoms with Gasteiger partial charge in [0.05, 0.1) is 12.3 Å². The predicted molar refractivity (Wildman–Crippen MR) is 116 cm³/mol. The molecule has 2 amide bonds. The lowest BCUT2D eigenvalue weighted by Gasteiger charge is -2.11. The van der Waals surface area contributed by atoms with Crippen LogP contribution < -0.4 is 10.1 Å². The standard InChI is InChI=1S/C22H22N4O4S/c1-15-4-8-17(9-5-15)29-18-10-6-16(7-11-18)23-19(27)14-31-22-25-24-20(30-22)13-26-12-2-3-21(26)28/h4-11H,2-3,12-14H2,1H3,(H,23,27). The van der Waals surface area contributed by atoms with E-state index < -0.39 is 0 Å². The monoisotopic (exact) mass is 438 g/mol. The van der Waals surface area contributed by atoms with E-state index in [1.807, 2.05) is 31.2 Å². The molecule has 9 heteroatoms. The predicted octanol–water partition coefficient (Wildman–Crippen LogP) is 4.02. The molecule has 31 heavy (non-hydrogen) atoms. The molecule has 0 saturated carbocycles. The summed E-state index contributed by atoms with van der Waals surface area (Å²) in [7, 11) is 0. The Morgan fingerprint density at radius 2 is 1.84 bits per heavy atom. The minimum Gasteiger partial charge on any atom is -0.457 e. The van der Waals surface area contributed by atoms with Crippen LogP contribution in [-0.4, -0.2) is 39.2 Å². The van der Waals surface area contributed by atoms with Crippen molar-refractivity contribution in [3.05, 3.63) is 60.0 Å². The second-order valence-corrected chi connectivity index (χ2v) is 8.08. The van der Waals surface area contributed by atoms with Crippen LogP contribution in [0, 0.1) is 6.92 Å². The number of hydrogen-bond acceptors (Lipinski definition) is 7. The summed E-state index contributed by atoms with van der Waals surface area (Å²) in [5, 5.41) is 11.0. The zero-order chi connectivity index (χ0) is 21.6. The highest BCUT2D eigenvalue weighted by molar-refractivity contribution is 7.99. The average molecular weight is 439 g/mol. The van der Waals surface area contributed by atoms with Gasteiger partial charge in [0.25, 0.3) is 5.22 Å². The molecular weight excluding hydrogens is 416 g/mol. The van der Waals surface area contributed by atoms with E-state index in [1.54, 1.807) is 29.2 Å². The molecule has 1 saturated heterocycles. The Bertz CT molecular complexity index is 1050. The number of rotatable bonds is 8. The summed E-state index contributed by atoms with van der Waals surface area (Å²) in [6.07, 6.45) is 1.42. The van der Waals surface area contributed by atoms with Crippen LogP contribution >= 0.6 is 11.8 Å². The summed E-state index contributed by atoms with van der Waals surface area (Å²) >= 11 is 1.15. The maximum atomic E-state index is 12.2. The molecule has 1 aliphatic rings.